The van der Waals surface area contributed by atoms with Crippen molar-refractivity contribution in [3.05, 3.63) is 60.7 Å². The van der Waals surface area contributed by atoms with Crippen LogP contribution in [0, 0.1) is 0 Å². The minimum Gasteiger partial charge on any atom is -1.00 e. The van der Waals surface area contributed by atoms with Gasteiger partial charge in [-0.2, -0.15) is 0 Å². The first-order valence-electron chi connectivity index (χ1n) is 10.6. The van der Waals surface area contributed by atoms with Gasteiger partial charge in [0.05, 0.1) is 26.4 Å². The van der Waals surface area contributed by atoms with Gasteiger partial charge in [0.1, 0.15) is 10.6 Å². The molecule has 8 nitrogen and oxygen atoms in total. The number of benzene rings is 2. The summed E-state index contributed by atoms with van der Waals surface area (Å²) < 4.78 is 21.3. The predicted octanol–water partition coefficient (Wildman–Crippen LogP) is -2.22. The minimum atomic E-state index is -2.69. The van der Waals surface area contributed by atoms with Crippen LogP contribution in [0.3, 0.4) is 0 Å². The van der Waals surface area contributed by atoms with Gasteiger partial charge in [-0.3, -0.25) is 0 Å². The fourth-order valence-electron chi connectivity index (χ4n) is 3.68. The molecule has 0 unspecified atom stereocenters. The lowest BCUT2D eigenvalue weighted by atomic mass is 10.4. The van der Waals surface area contributed by atoms with Crippen molar-refractivity contribution in [2.45, 2.75) is 0 Å². The molecule has 0 bridgehead atoms. The Morgan fingerprint density at radius 1 is 0.656 bits per heavy atom. The van der Waals surface area contributed by atoms with Gasteiger partial charge in [-0.15, -0.1) is 0 Å². The van der Waals surface area contributed by atoms with Crippen LogP contribution in [0.15, 0.2) is 70.2 Å². The maximum Gasteiger partial charge on any atom is 0.322 e. The number of nitrogens with two attached hydrogens (primary N) is 2. The van der Waals surface area contributed by atoms with E-state index in [1.807, 2.05) is 36.4 Å². The fourth-order valence-corrected chi connectivity index (χ4v) is 6.51. The Morgan fingerprint density at radius 3 is 1.34 bits per heavy atom. The molecule has 0 amide bonds. The number of morpholine rings is 2. The van der Waals surface area contributed by atoms with Crippen molar-refractivity contribution in [1.82, 2.24) is 9.80 Å². The van der Waals surface area contributed by atoms with Crippen molar-refractivity contribution >= 4 is 30.1 Å². The maximum absolute atomic E-state index is 6.57. The highest BCUT2D eigenvalue weighted by Gasteiger charge is 2.47. The summed E-state index contributed by atoms with van der Waals surface area (Å²) >= 11 is 0. The molecular formula is C22H30ClN6O2P. The zero-order valence-corrected chi connectivity index (χ0v) is 19.7. The molecule has 2 saturated heterocycles. The highest BCUT2D eigenvalue weighted by atomic mass is 35.5. The molecular weight excluding hydrogens is 447 g/mol. The second-order valence-corrected chi connectivity index (χ2v) is 10.0. The van der Waals surface area contributed by atoms with Gasteiger partial charge >= 0.3 is 7.56 Å². The molecule has 0 atom stereocenters. The summed E-state index contributed by atoms with van der Waals surface area (Å²) in [5.41, 5.74) is 13.1. The standard InChI is InChI=1S/C22H30N6O2P.ClH/c23-21(27-11-15-29-16-12-27)25-31(19-7-3-1-4-8-19,20-9-5-2-6-10-20)26-22(24)28-13-17-30-18-14-28;/h1-10H,11-18H2,(H2,23,25)(H2,24,26);1H/q+1;/p-1. The van der Waals surface area contributed by atoms with E-state index < -0.39 is 7.56 Å². The zero-order chi connectivity index (χ0) is 21.5. The molecule has 0 radical (unpaired) electrons. The topological polar surface area (TPSA) is 102 Å². The van der Waals surface area contributed by atoms with E-state index in [1.165, 1.54) is 0 Å². The number of rotatable bonds is 4. The van der Waals surface area contributed by atoms with Crippen molar-refractivity contribution in [2.24, 2.45) is 21.0 Å². The Kier molecular flexibility index (Phi) is 8.70. The minimum absolute atomic E-state index is 0. The molecule has 172 valence electrons. The van der Waals surface area contributed by atoms with Crippen molar-refractivity contribution in [1.29, 1.82) is 0 Å². The first-order valence-corrected chi connectivity index (χ1v) is 12.3. The smallest absolute Gasteiger partial charge is 0.322 e. The van der Waals surface area contributed by atoms with E-state index >= 15 is 0 Å². The Bertz CT molecular complexity index is 828. The van der Waals surface area contributed by atoms with E-state index in [1.54, 1.807) is 0 Å². The second kappa shape index (κ2) is 11.5. The van der Waals surface area contributed by atoms with Gasteiger partial charge in [0, 0.05) is 26.2 Å². The quantitative estimate of drug-likeness (QED) is 0.294. The molecule has 0 spiro atoms. The normalized spacial score (nSPS) is 18.2. The van der Waals surface area contributed by atoms with Gasteiger partial charge < -0.3 is 43.1 Å². The molecule has 0 saturated carbocycles. The molecule has 32 heavy (non-hydrogen) atoms. The SMILES string of the molecule is N/C(=N\[P+](/N=C(\N)N1CCOCC1)(c1ccccc1)c1ccccc1)N1CCOCC1.[Cl-]. The molecule has 2 aromatic rings. The molecule has 10 heteroatoms. The maximum atomic E-state index is 6.57. The van der Waals surface area contributed by atoms with Gasteiger partial charge in [-0.25, -0.2) is 0 Å². The molecule has 4 rings (SSSR count). The van der Waals surface area contributed by atoms with E-state index in [0.29, 0.717) is 64.5 Å². The van der Waals surface area contributed by atoms with E-state index in [0.717, 1.165) is 10.6 Å². The third kappa shape index (κ3) is 5.51. The summed E-state index contributed by atoms with van der Waals surface area (Å²) in [6.07, 6.45) is 0. The highest BCUT2D eigenvalue weighted by molar-refractivity contribution is 7.87. The van der Waals surface area contributed by atoms with Crippen LogP contribution in [0.2, 0.25) is 0 Å². The fraction of sp³-hybridized carbons (Fsp3) is 0.364. The van der Waals surface area contributed by atoms with Crippen LogP contribution in [0.1, 0.15) is 0 Å². The lowest BCUT2D eigenvalue weighted by molar-refractivity contribution is -0.00000806. The average molecular weight is 477 g/mol. The van der Waals surface area contributed by atoms with Gasteiger partial charge in [0.15, 0.2) is 0 Å². The Labute approximate surface area is 196 Å². The van der Waals surface area contributed by atoms with Gasteiger partial charge in [0.25, 0.3) is 0 Å². The van der Waals surface area contributed by atoms with Gasteiger partial charge in [0.2, 0.25) is 11.9 Å². The lowest BCUT2D eigenvalue weighted by Gasteiger charge is -2.29. The zero-order valence-electron chi connectivity index (χ0n) is 18.0. The van der Waals surface area contributed by atoms with E-state index in [2.05, 4.69) is 34.1 Å². The van der Waals surface area contributed by atoms with Crippen LogP contribution in [0.25, 0.3) is 0 Å². The molecule has 4 N–H and O–H groups in total. The average Bonchev–Trinajstić information content (AvgIpc) is 2.85. The number of guanidine groups is 2. The van der Waals surface area contributed by atoms with Crippen LogP contribution < -0.4 is 34.5 Å². The van der Waals surface area contributed by atoms with Gasteiger partial charge in [-0.1, -0.05) is 45.9 Å². The van der Waals surface area contributed by atoms with E-state index in [4.69, 9.17) is 30.5 Å². The summed E-state index contributed by atoms with van der Waals surface area (Å²) in [5.74, 6) is 0.950. The number of hydrogen-bond donors (Lipinski definition) is 2. The number of hydrogen-bond acceptors (Lipinski definition) is 4. The molecule has 2 aliphatic rings. The van der Waals surface area contributed by atoms with Gasteiger partial charge in [-0.05, 0) is 24.3 Å². The Balaban J connectivity index is 0.00000289. The highest BCUT2D eigenvalue weighted by Crippen LogP contribution is 2.60. The number of ether oxygens (including phenoxy) is 2. The Morgan fingerprint density at radius 2 is 1.00 bits per heavy atom. The van der Waals surface area contributed by atoms with Crippen molar-refractivity contribution < 1.29 is 21.9 Å². The van der Waals surface area contributed by atoms with E-state index in [-0.39, 0.29) is 12.4 Å². The first kappa shape index (κ1) is 24.3. The van der Waals surface area contributed by atoms with E-state index in [9.17, 15) is 0 Å². The summed E-state index contributed by atoms with van der Waals surface area (Å²) in [5, 5.41) is 2.02. The predicted molar refractivity (Wildman–Crippen MR) is 127 cm³/mol. The molecule has 2 aromatic carbocycles. The molecule has 2 fully saturated rings. The second-order valence-electron chi connectivity index (χ2n) is 7.39. The van der Waals surface area contributed by atoms with Crippen LogP contribution in [-0.4, -0.2) is 74.3 Å². The van der Waals surface area contributed by atoms with Crippen LogP contribution in [-0.2, 0) is 9.47 Å². The number of nitrogens with zero attached hydrogens (tertiary/aromatic N) is 4. The first-order chi connectivity index (χ1) is 15.2. The molecule has 0 aliphatic carbocycles. The summed E-state index contributed by atoms with van der Waals surface area (Å²) in [6, 6.07) is 20.3. The van der Waals surface area contributed by atoms with Crippen molar-refractivity contribution in [3.63, 3.8) is 0 Å². The summed E-state index contributed by atoms with van der Waals surface area (Å²) in [7, 11) is -2.69. The van der Waals surface area contributed by atoms with Crippen LogP contribution in [0.4, 0.5) is 0 Å². The Hall–Kier alpha value is -2.38. The monoisotopic (exact) mass is 476 g/mol. The third-order valence-electron chi connectivity index (χ3n) is 5.40. The third-order valence-corrected chi connectivity index (χ3v) is 8.42. The molecule has 2 aliphatic heterocycles. The molecule has 2 heterocycles. The summed E-state index contributed by atoms with van der Waals surface area (Å²) in [4.78, 5) is 4.12. The van der Waals surface area contributed by atoms with Crippen LogP contribution >= 0.6 is 7.56 Å². The lowest BCUT2D eigenvalue weighted by Crippen LogP contribution is -3.00. The van der Waals surface area contributed by atoms with Crippen molar-refractivity contribution in [3.8, 4) is 0 Å². The van der Waals surface area contributed by atoms with Crippen molar-refractivity contribution in [2.75, 3.05) is 52.6 Å². The number of halogens is 1. The van der Waals surface area contributed by atoms with Crippen LogP contribution in [0.5, 0.6) is 0 Å². The molecule has 0 aromatic heterocycles. The summed E-state index contributed by atoms with van der Waals surface area (Å²) in [6.45, 7) is 5.39. The largest absolute Gasteiger partial charge is 1.00 e.